The number of carboxylic acid groups (broad SMARTS) is 1. The van der Waals surface area contributed by atoms with E-state index in [1.54, 1.807) is 29.4 Å². The maximum absolute atomic E-state index is 12.0. The van der Waals surface area contributed by atoms with Crippen molar-refractivity contribution in [3.8, 4) is 0 Å². The molecule has 1 amide bonds. The van der Waals surface area contributed by atoms with Gasteiger partial charge in [0.15, 0.2) is 0 Å². The molecule has 0 saturated carbocycles. The zero-order valence-electron chi connectivity index (χ0n) is 10.9. The molecule has 1 atom stereocenters. The van der Waals surface area contributed by atoms with Crippen LogP contribution in [-0.4, -0.2) is 52.7 Å². The summed E-state index contributed by atoms with van der Waals surface area (Å²) >= 11 is 0. The monoisotopic (exact) mass is 276 g/mol. The first kappa shape index (κ1) is 14.2. The molecule has 1 saturated heterocycles. The van der Waals surface area contributed by atoms with Gasteiger partial charge in [-0.3, -0.25) is 14.6 Å². The zero-order chi connectivity index (χ0) is 14.4. The molecule has 0 aromatic carbocycles. The Hall–Kier alpha value is -2.21. The summed E-state index contributed by atoms with van der Waals surface area (Å²) in [4.78, 5) is 28.2. The Morgan fingerprint density at radius 2 is 2.40 bits per heavy atom. The van der Waals surface area contributed by atoms with Crippen LogP contribution in [0.4, 0.5) is 0 Å². The Bertz CT molecular complexity index is 501. The summed E-state index contributed by atoms with van der Waals surface area (Å²) in [7, 11) is 0. The number of morpholine rings is 1. The Morgan fingerprint density at radius 1 is 1.55 bits per heavy atom. The van der Waals surface area contributed by atoms with Gasteiger partial charge in [-0.05, 0) is 17.7 Å². The largest absolute Gasteiger partial charge is 0.481 e. The highest BCUT2D eigenvalue weighted by molar-refractivity contribution is 5.91. The number of rotatable bonds is 4. The first-order valence-corrected chi connectivity index (χ1v) is 6.35. The number of carbonyl (C=O) groups excluding carboxylic acids is 1. The number of hydrogen-bond acceptors (Lipinski definition) is 4. The van der Waals surface area contributed by atoms with E-state index >= 15 is 0 Å². The molecular weight excluding hydrogens is 260 g/mol. The van der Waals surface area contributed by atoms with E-state index in [1.807, 2.05) is 6.07 Å². The van der Waals surface area contributed by atoms with Gasteiger partial charge in [-0.15, -0.1) is 0 Å². The molecule has 2 rings (SSSR count). The van der Waals surface area contributed by atoms with Gasteiger partial charge in [-0.2, -0.15) is 0 Å². The fourth-order valence-corrected chi connectivity index (χ4v) is 1.99. The van der Waals surface area contributed by atoms with Crippen LogP contribution in [-0.2, 0) is 14.3 Å². The minimum atomic E-state index is -0.921. The van der Waals surface area contributed by atoms with Gasteiger partial charge < -0.3 is 14.7 Å². The number of carboxylic acids is 1. The number of pyridine rings is 1. The zero-order valence-corrected chi connectivity index (χ0v) is 10.9. The van der Waals surface area contributed by atoms with Crippen molar-refractivity contribution in [2.75, 3.05) is 19.7 Å². The summed E-state index contributed by atoms with van der Waals surface area (Å²) in [6.07, 6.45) is 5.97. The highest BCUT2D eigenvalue weighted by atomic mass is 16.5. The molecule has 106 valence electrons. The number of hydrogen-bond donors (Lipinski definition) is 1. The number of aliphatic carboxylic acids is 1. The van der Waals surface area contributed by atoms with Crippen LogP contribution in [0.1, 0.15) is 12.0 Å². The molecule has 0 bridgehead atoms. The average molecular weight is 276 g/mol. The van der Waals surface area contributed by atoms with Crippen LogP contribution < -0.4 is 0 Å². The van der Waals surface area contributed by atoms with Crippen molar-refractivity contribution in [3.63, 3.8) is 0 Å². The fraction of sp³-hybridized carbons (Fsp3) is 0.357. The van der Waals surface area contributed by atoms with Gasteiger partial charge in [0.05, 0.1) is 19.1 Å². The van der Waals surface area contributed by atoms with Crippen molar-refractivity contribution < 1.29 is 19.4 Å². The summed E-state index contributed by atoms with van der Waals surface area (Å²) in [5.41, 5.74) is 0.844. The third-order valence-electron chi connectivity index (χ3n) is 2.96. The molecule has 0 spiro atoms. The summed E-state index contributed by atoms with van der Waals surface area (Å²) in [6, 6.07) is 3.64. The van der Waals surface area contributed by atoms with E-state index in [9.17, 15) is 9.59 Å². The van der Waals surface area contributed by atoms with E-state index in [0.29, 0.717) is 19.7 Å². The van der Waals surface area contributed by atoms with Crippen molar-refractivity contribution >= 4 is 18.0 Å². The van der Waals surface area contributed by atoms with E-state index in [1.165, 1.54) is 6.08 Å². The van der Waals surface area contributed by atoms with Crippen LogP contribution >= 0.6 is 0 Å². The normalized spacial score (nSPS) is 19.2. The maximum Gasteiger partial charge on any atom is 0.306 e. The molecule has 0 radical (unpaired) electrons. The van der Waals surface area contributed by atoms with Crippen LogP contribution in [0.15, 0.2) is 30.6 Å². The Balaban J connectivity index is 1.92. The Kier molecular flexibility index (Phi) is 4.84. The molecule has 20 heavy (non-hydrogen) atoms. The SMILES string of the molecule is O=C(O)C[C@@H]1CN(C(=O)/C=C\c2cccnc2)CCO1. The molecule has 1 aromatic rings. The number of amides is 1. The maximum atomic E-state index is 12.0. The fourth-order valence-electron chi connectivity index (χ4n) is 1.99. The van der Waals surface area contributed by atoms with Crippen LogP contribution in [0, 0.1) is 0 Å². The Morgan fingerprint density at radius 3 is 3.10 bits per heavy atom. The number of carbonyl (C=O) groups is 2. The number of ether oxygens (including phenoxy) is 1. The molecule has 1 aliphatic heterocycles. The molecule has 0 aliphatic carbocycles. The van der Waals surface area contributed by atoms with Gasteiger partial charge in [0.2, 0.25) is 5.91 Å². The second-order valence-corrected chi connectivity index (χ2v) is 4.49. The molecule has 1 fully saturated rings. The summed E-state index contributed by atoms with van der Waals surface area (Å²) in [5.74, 6) is -1.07. The van der Waals surface area contributed by atoms with Crippen molar-refractivity contribution in [1.82, 2.24) is 9.88 Å². The van der Waals surface area contributed by atoms with Gasteiger partial charge in [0, 0.05) is 31.6 Å². The lowest BCUT2D eigenvalue weighted by Crippen LogP contribution is -2.45. The van der Waals surface area contributed by atoms with Crippen molar-refractivity contribution in [2.24, 2.45) is 0 Å². The molecule has 6 heteroatoms. The predicted molar refractivity (Wildman–Crippen MR) is 71.8 cm³/mol. The van der Waals surface area contributed by atoms with E-state index < -0.39 is 12.1 Å². The molecule has 0 unspecified atom stereocenters. The topological polar surface area (TPSA) is 79.7 Å². The third-order valence-corrected chi connectivity index (χ3v) is 2.96. The van der Waals surface area contributed by atoms with Crippen LogP contribution in [0.5, 0.6) is 0 Å². The van der Waals surface area contributed by atoms with E-state index in [2.05, 4.69) is 4.98 Å². The van der Waals surface area contributed by atoms with E-state index in [-0.39, 0.29) is 12.3 Å². The van der Waals surface area contributed by atoms with E-state index in [4.69, 9.17) is 9.84 Å². The number of nitrogens with zero attached hydrogens (tertiary/aromatic N) is 2. The highest BCUT2D eigenvalue weighted by Crippen LogP contribution is 2.10. The molecule has 1 aromatic heterocycles. The second-order valence-electron chi connectivity index (χ2n) is 4.49. The lowest BCUT2D eigenvalue weighted by molar-refractivity contribution is -0.145. The van der Waals surface area contributed by atoms with Crippen LogP contribution in [0.25, 0.3) is 6.08 Å². The molecule has 6 nitrogen and oxygen atoms in total. The lowest BCUT2D eigenvalue weighted by atomic mass is 10.2. The molecule has 1 aliphatic rings. The molecule has 1 N–H and O–H groups in total. The summed E-state index contributed by atoms with van der Waals surface area (Å²) in [6.45, 7) is 1.15. The molecular formula is C14H16N2O4. The minimum Gasteiger partial charge on any atom is -0.481 e. The van der Waals surface area contributed by atoms with Crippen molar-refractivity contribution in [1.29, 1.82) is 0 Å². The second kappa shape index (κ2) is 6.81. The average Bonchev–Trinajstić information content (AvgIpc) is 2.45. The standard InChI is InChI=1S/C14H16N2O4/c17-13(4-3-11-2-1-5-15-9-11)16-6-7-20-12(10-16)8-14(18)19/h1-5,9,12H,6-8,10H2,(H,18,19)/b4-3-/t12-/m1/s1. The van der Waals surface area contributed by atoms with Crippen LogP contribution in [0.2, 0.25) is 0 Å². The van der Waals surface area contributed by atoms with Crippen molar-refractivity contribution in [3.05, 3.63) is 36.2 Å². The van der Waals surface area contributed by atoms with Gasteiger partial charge in [0.25, 0.3) is 0 Å². The highest BCUT2D eigenvalue weighted by Gasteiger charge is 2.24. The Labute approximate surface area is 116 Å². The molecule has 2 heterocycles. The van der Waals surface area contributed by atoms with Gasteiger partial charge in [-0.1, -0.05) is 6.07 Å². The lowest BCUT2D eigenvalue weighted by Gasteiger charge is -2.31. The smallest absolute Gasteiger partial charge is 0.306 e. The van der Waals surface area contributed by atoms with Crippen LogP contribution in [0.3, 0.4) is 0 Å². The minimum absolute atomic E-state index is 0.0872. The van der Waals surface area contributed by atoms with Gasteiger partial charge >= 0.3 is 5.97 Å². The van der Waals surface area contributed by atoms with Crippen molar-refractivity contribution in [2.45, 2.75) is 12.5 Å². The summed E-state index contributed by atoms with van der Waals surface area (Å²) < 4.78 is 5.32. The predicted octanol–water partition coefficient (Wildman–Crippen LogP) is 0.797. The number of aromatic nitrogens is 1. The van der Waals surface area contributed by atoms with E-state index in [0.717, 1.165) is 5.56 Å². The van der Waals surface area contributed by atoms with Gasteiger partial charge in [0.1, 0.15) is 0 Å². The summed E-state index contributed by atoms with van der Waals surface area (Å²) in [5, 5.41) is 8.74. The third kappa shape index (κ3) is 4.17. The first-order valence-electron chi connectivity index (χ1n) is 6.35. The first-order chi connectivity index (χ1) is 9.65. The quantitative estimate of drug-likeness (QED) is 0.823. The van der Waals surface area contributed by atoms with Gasteiger partial charge in [-0.25, -0.2) is 0 Å².